The minimum Gasteiger partial charge on any atom is -0.756 e. The molecule has 1 atom stereocenters. The number of phosphoric ester groups is 1. The summed E-state index contributed by atoms with van der Waals surface area (Å²) in [5, 5.41) is 0. The third kappa shape index (κ3) is 14.3. The SMILES string of the molecule is CCCCOCCCOP(=O)([O-])OCC[N+](C)(C)C. The molecule has 0 aromatic rings. The lowest BCUT2D eigenvalue weighted by molar-refractivity contribution is -0.870. The Hall–Kier alpha value is 0.0300. The Labute approximate surface area is 116 Å². The van der Waals surface area contributed by atoms with Gasteiger partial charge in [-0.15, -0.1) is 0 Å². The molecule has 0 spiro atoms. The van der Waals surface area contributed by atoms with Crippen molar-refractivity contribution in [2.75, 3.05) is 54.1 Å². The smallest absolute Gasteiger partial charge is 0.268 e. The molecule has 0 aromatic heterocycles. The van der Waals surface area contributed by atoms with Crippen LogP contribution in [0.4, 0.5) is 0 Å². The summed E-state index contributed by atoms with van der Waals surface area (Å²) in [6, 6.07) is 0. The normalized spacial score (nSPS) is 15.4. The Morgan fingerprint density at radius 3 is 2.16 bits per heavy atom. The average molecular weight is 297 g/mol. The molecule has 0 fully saturated rings. The predicted molar refractivity (Wildman–Crippen MR) is 72.8 cm³/mol. The number of rotatable bonds is 12. The van der Waals surface area contributed by atoms with E-state index >= 15 is 0 Å². The van der Waals surface area contributed by atoms with Crippen molar-refractivity contribution >= 4 is 7.82 Å². The first-order valence-electron chi connectivity index (χ1n) is 6.75. The summed E-state index contributed by atoms with van der Waals surface area (Å²) in [5.74, 6) is 0. The summed E-state index contributed by atoms with van der Waals surface area (Å²) in [7, 11) is 1.74. The minimum absolute atomic E-state index is 0.108. The molecule has 0 saturated carbocycles. The van der Waals surface area contributed by atoms with Gasteiger partial charge in [-0.3, -0.25) is 4.57 Å². The first kappa shape index (κ1) is 19.0. The molecule has 1 unspecified atom stereocenters. The Morgan fingerprint density at radius 1 is 1.00 bits per heavy atom. The van der Waals surface area contributed by atoms with E-state index in [0.717, 1.165) is 12.8 Å². The van der Waals surface area contributed by atoms with Gasteiger partial charge in [0.05, 0.1) is 27.7 Å². The molecule has 0 N–H and O–H groups in total. The van der Waals surface area contributed by atoms with E-state index in [0.29, 0.717) is 30.7 Å². The van der Waals surface area contributed by atoms with Crippen molar-refractivity contribution in [2.45, 2.75) is 26.2 Å². The molecule has 0 bridgehead atoms. The lowest BCUT2D eigenvalue weighted by Crippen LogP contribution is -2.37. The summed E-state index contributed by atoms with van der Waals surface area (Å²) >= 11 is 0. The number of ether oxygens (including phenoxy) is 1. The molecular weight excluding hydrogens is 269 g/mol. The third-order valence-corrected chi connectivity index (χ3v) is 3.33. The van der Waals surface area contributed by atoms with Crippen LogP contribution in [0.1, 0.15) is 26.2 Å². The van der Waals surface area contributed by atoms with E-state index in [1.54, 1.807) is 0 Å². The Kier molecular flexibility index (Phi) is 9.87. The predicted octanol–water partition coefficient (Wildman–Crippen LogP) is 1.40. The lowest BCUT2D eigenvalue weighted by Gasteiger charge is -2.27. The van der Waals surface area contributed by atoms with Crippen LogP contribution in [0.5, 0.6) is 0 Å². The Morgan fingerprint density at radius 2 is 1.58 bits per heavy atom. The van der Waals surface area contributed by atoms with Crippen molar-refractivity contribution in [3.63, 3.8) is 0 Å². The zero-order chi connectivity index (χ0) is 14.8. The summed E-state index contributed by atoms with van der Waals surface area (Å²) in [6.07, 6.45) is 2.66. The van der Waals surface area contributed by atoms with E-state index in [4.69, 9.17) is 13.8 Å². The molecule has 116 valence electrons. The fourth-order valence-electron chi connectivity index (χ4n) is 1.15. The standard InChI is InChI=1S/C12H28NO5P/c1-5-6-9-16-10-7-11-17-19(14,15)18-12-8-13(2,3)4/h5-12H2,1-4H3. The third-order valence-electron chi connectivity index (χ3n) is 2.34. The van der Waals surface area contributed by atoms with E-state index in [-0.39, 0.29) is 13.2 Å². The van der Waals surface area contributed by atoms with E-state index in [9.17, 15) is 9.46 Å². The van der Waals surface area contributed by atoms with Crippen molar-refractivity contribution in [1.29, 1.82) is 0 Å². The van der Waals surface area contributed by atoms with Crippen molar-refractivity contribution in [2.24, 2.45) is 0 Å². The second-order valence-electron chi connectivity index (χ2n) is 5.45. The lowest BCUT2D eigenvalue weighted by atomic mass is 10.4. The molecule has 0 rings (SSSR count). The van der Waals surface area contributed by atoms with Crippen LogP contribution in [0.25, 0.3) is 0 Å². The number of hydrogen-bond donors (Lipinski definition) is 0. The molecule has 0 aliphatic rings. The van der Waals surface area contributed by atoms with Gasteiger partial charge in [0.15, 0.2) is 0 Å². The summed E-state index contributed by atoms with van der Waals surface area (Å²) in [5.41, 5.74) is 0. The maximum absolute atomic E-state index is 11.4. The molecule has 0 saturated heterocycles. The zero-order valence-corrected chi connectivity index (χ0v) is 13.5. The van der Waals surface area contributed by atoms with Crippen LogP contribution < -0.4 is 4.89 Å². The molecule has 0 heterocycles. The quantitative estimate of drug-likeness (QED) is 0.309. The highest BCUT2D eigenvalue weighted by molar-refractivity contribution is 7.45. The van der Waals surface area contributed by atoms with Gasteiger partial charge in [0.2, 0.25) is 0 Å². The fourth-order valence-corrected chi connectivity index (χ4v) is 1.88. The monoisotopic (exact) mass is 297 g/mol. The van der Waals surface area contributed by atoms with Crippen LogP contribution in [0.15, 0.2) is 0 Å². The van der Waals surface area contributed by atoms with Crippen LogP contribution >= 0.6 is 7.82 Å². The Bertz CT molecular complexity index is 267. The van der Waals surface area contributed by atoms with Gasteiger partial charge in [0, 0.05) is 13.2 Å². The van der Waals surface area contributed by atoms with Crippen LogP contribution in [0.2, 0.25) is 0 Å². The van der Waals surface area contributed by atoms with Crippen molar-refractivity contribution in [1.82, 2.24) is 0 Å². The fraction of sp³-hybridized carbons (Fsp3) is 1.00. The summed E-state index contributed by atoms with van der Waals surface area (Å²) in [4.78, 5) is 11.4. The highest BCUT2D eigenvalue weighted by Crippen LogP contribution is 2.38. The minimum atomic E-state index is -4.16. The van der Waals surface area contributed by atoms with Gasteiger partial charge in [0.25, 0.3) is 7.82 Å². The largest absolute Gasteiger partial charge is 0.756 e. The van der Waals surface area contributed by atoms with Crippen molar-refractivity contribution in [3.05, 3.63) is 0 Å². The van der Waals surface area contributed by atoms with Crippen molar-refractivity contribution in [3.8, 4) is 0 Å². The number of nitrogens with zero attached hydrogens (tertiary/aromatic N) is 1. The van der Waals surface area contributed by atoms with E-state index in [1.165, 1.54) is 0 Å². The number of quaternary nitrogens is 1. The molecule has 6 nitrogen and oxygen atoms in total. The van der Waals surface area contributed by atoms with Crippen LogP contribution in [0.3, 0.4) is 0 Å². The Balaban J connectivity index is 3.54. The summed E-state index contributed by atoms with van der Waals surface area (Å²) in [6.45, 7) is 4.17. The number of hydrogen-bond acceptors (Lipinski definition) is 5. The van der Waals surface area contributed by atoms with Gasteiger partial charge < -0.3 is 23.2 Å². The van der Waals surface area contributed by atoms with Gasteiger partial charge in [-0.25, -0.2) is 0 Å². The zero-order valence-electron chi connectivity index (χ0n) is 12.6. The van der Waals surface area contributed by atoms with E-state index in [2.05, 4.69) is 6.92 Å². The van der Waals surface area contributed by atoms with E-state index in [1.807, 2.05) is 21.1 Å². The van der Waals surface area contributed by atoms with Gasteiger partial charge in [-0.1, -0.05) is 13.3 Å². The maximum atomic E-state index is 11.4. The molecule has 0 aliphatic carbocycles. The van der Waals surface area contributed by atoms with E-state index < -0.39 is 7.82 Å². The molecule has 0 aromatic carbocycles. The molecule has 7 heteroatoms. The first-order chi connectivity index (χ1) is 8.77. The molecule has 19 heavy (non-hydrogen) atoms. The average Bonchev–Trinajstić information content (AvgIpc) is 2.25. The molecule has 0 radical (unpaired) electrons. The number of phosphoric acid groups is 1. The van der Waals surface area contributed by atoms with Crippen LogP contribution in [0, 0.1) is 0 Å². The highest BCUT2D eigenvalue weighted by atomic mass is 31.2. The second kappa shape index (κ2) is 9.86. The van der Waals surface area contributed by atoms with Crippen LogP contribution in [-0.4, -0.2) is 58.6 Å². The summed E-state index contributed by atoms with van der Waals surface area (Å²) < 4.78 is 26.8. The first-order valence-corrected chi connectivity index (χ1v) is 8.21. The highest BCUT2D eigenvalue weighted by Gasteiger charge is 2.12. The number of likely N-dealkylation sites (N-methyl/N-ethyl adjacent to an activating group) is 1. The number of unbranched alkanes of at least 4 members (excludes halogenated alkanes) is 1. The second-order valence-corrected chi connectivity index (χ2v) is 6.86. The van der Waals surface area contributed by atoms with Gasteiger partial charge >= 0.3 is 0 Å². The molecular formula is C12H28NO5P. The van der Waals surface area contributed by atoms with Gasteiger partial charge in [-0.2, -0.15) is 0 Å². The molecule has 0 aliphatic heterocycles. The van der Waals surface area contributed by atoms with Crippen molar-refractivity contribution < 1.29 is 27.7 Å². The maximum Gasteiger partial charge on any atom is 0.268 e. The van der Waals surface area contributed by atoms with Crippen LogP contribution in [-0.2, 0) is 18.3 Å². The molecule has 0 amide bonds. The topological polar surface area (TPSA) is 67.8 Å². The van der Waals surface area contributed by atoms with Gasteiger partial charge in [0.1, 0.15) is 13.2 Å². The van der Waals surface area contributed by atoms with Gasteiger partial charge in [-0.05, 0) is 12.8 Å².